The van der Waals surface area contributed by atoms with Crippen molar-refractivity contribution in [1.82, 2.24) is 20.1 Å². The Hall–Kier alpha value is -3.32. The molecule has 1 heterocycles. The molecule has 0 fully saturated rings. The van der Waals surface area contributed by atoms with Crippen LogP contribution in [0.1, 0.15) is 15.9 Å². The second-order valence-electron chi connectivity index (χ2n) is 7.55. The van der Waals surface area contributed by atoms with E-state index in [2.05, 4.69) is 10.3 Å². The van der Waals surface area contributed by atoms with Gasteiger partial charge in [-0.25, -0.2) is 0 Å². The first-order valence-corrected chi connectivity index (χ1v) is 10.2. The number of carbonyl (C=O) groups is 3. The zero-order valence-corrected chi connectivity index (χ0v) is 18.4. The summed E-state index contributed by atoms with van der Waals surface area (Å²) in [5.41, 5.74) is 2.12. The minimum atomic E-state index is -0.872. The number of nitrogens with zero attached hydrogens (tertiary/aromatic N) is 2. The van der Waals surface area contributed by atoms with Gasteiger partial charge in [0.2, 0.25) is 11.8 Å². The SMILES string of the molecule is CN(C)C(=O)CN(C)C(=O)C(Cc1c[nH]c2ccccc12)NC(=O)c1ccccc1Cl. The number of carbonyl (C=O) groups excluding carboxylic acids is 3. The van der Waals surface area contributed by atoms with E-state index in [0.717, 1.165) is 16.5 Å². The van der Waals surface area contributed by atoms with E-state index in [9.17, 15) is 14.4 Å². The second kappa shape index (κ2) is 9.66. The van der Waals surface area contributed by atoms with Crippen LogP contribution in [0.4, 0.5) is 0 Å². The van der Waals surface area contributed by atoms with Crippen molar-refractivity contribution < 1.29 is 14.4 Å². The fourth-order valence-corrected chi connectivity index (χ4v) is 3.51. The van der Waals surface area contributed by atoms with Gasteiger partial charge < -0.3 is 20.1 Å². The fourth-order valence-electron chi connectivity index (χ4n) is 3.29. The maximum absolute atomic E-state index is 13.2. The Bertz CT molecular complexity index is 1110. The van der Waals surface area contributed by atoms with Crippen LogP contribution in [-0.2, 0) is 16.0 Å². The molecule has 0 aliphatic heterocycles. The van der Waals surface area contributed by atoms with Crippen LogP contribution < -0.4 is 5.32 Å². The normalized spacial score (nSPS) is 11.7. The molecular formula is C23H25ClN4O3. The average Bonchev–Trinajstić information content (AvgIpc) is 3.15. The molecule has 0 radical (unpaired) electrons. The first-order chi connectivity index (χ1) is 14.8. The lowest BCUT2D eigenvalue weighted by Crippen LogP contribution is -2.50. The third-order valence-corrected chi connectivity index (χ3v) is 5.40. The standard InChI is InChI=1S/C23H25ClN4O3/c1-27(2)21(29)14-28(3)23(31)20(26-22(30)17-9-4-6-10-18(17)24)12-15-13-25-19-11-7-5-8-16(15)19/h4-11,13,20,25H,12,14H2,1-3H3,(H,26,30). The molecule has 1 atom stereocenters. The summed E-state index contributed by atoms with van der Waals surface area (Å²) in [5.74, 6) is -1.02. The van der Waals surface area contributed by atoms with Crippen molar-refractivity contribution in [3.63, 3.8) is 0 Å². The molecule has 0 bridgehead atoms. The number of hydrogen-bond donors (Lipinski definition) is 2. The summed E-state index contributed by atoms with van der Waals surface area (Å²) in [7, 11) is 4.81. The molecule has 3 aromatic rings. The minimum absolute atomic E-state index is 0.0851. The molecule has 2 N–H and O–H groups in total. The molecule has 1 unspecified atom stereocenters. The van der Waals surface area contributed by atoms with Crippen LogP contribution in [0.25, 0.3) is 10.9 Å². The van der Waals surface area contributed by atoms with Gasteiger partial charge in [-0.15, -0.1) is 0 Å². The summed E-state index contributed by atoms with van der Waals surface area (Å²) in [6, 6.07) is 13.5. The maximum atomic E-state index is 13.2. The predicted octanol–water partition coefficient (Wildman–Crippen LogP) is 2.71. The van der Waals surface area contributed by atoms with Crippen LogP contribution in [0, 0.1) is 0 Å². The summed E-state index contributed by atoms with van der Waals surface area (Å²) in [5, 5.41) is 4.08. The lowest BCUT2D eigenvalue weighted by atomic mass is 10.0. The van der Waals surface area contributed by atoms with E-state index in [4.69, 9.17) is 11.6 Å². The Morgan fingerprint density at radius 3 is 2.42 bits per heavy atom. The molecule has 0 saturated heterocycles. The fraction of sp³-hybridized carbons (Fsp3) is 0.261. The molecular weight excluding hydrogens is 416 g/mol. The number of fused-ring (bicyclic) bond motifs is 1. The summed E-state index contributed by atoms with van der Waals surface area (Å²) >= 11 is 6.16. The highest BCUT2D eigenvalue weighted by molar-refractivity contribution is 6.33. The average molecular weight is 441 g/mol. The molecule has 0 aliphatic carbocycles. The van der Waals surface area contributed by atoms with E-state index >= 15 is 0 Å². The Morgan fingerprint density at radius 2 is 1.71 bits per heavy atom. The van der Waals surface area contributed by atoms with Gasteiger partial charge >= 0.3 is 0 Å². The minimum Gasteiger partial charge on any atom is -0.361 e. The molecule has 0 spiro atoms. The van der Waals surface area contributed by atoms with Gasteiger partial charge in [0.05, 0.1) is 17.1 Å². The first-order valence-electron chi connectivity index (χ1n) is 9.83. The predicted molar refractivity (Wildman–Crippen MR) is 121 cm³/mol. The number of H-pyrrole nitrogens is 1. The van der Waals surface area contributed by atoms with Gasteiger partial charge in [-0.3, -0.25) is 14.4 Å². The van der Waals surface area contributed by atoms with Crippen LogP contribution in [0.3, 0.4) is 0 Å². The number of halogens is 1. The van der Waals surface area contributed by atoms with Crippen LogP contribution in [0.5, 0.6) is 0 Å². The van der Waals surface area contributed by atoms with Crippen molar-refractivity contribution in [3.8, 4) is 0 Å². The number of aromatic amines is 1. The molecule has 162 valence electrons. The van der Waals surface area contributed by atoms with Crippen molar-refractivity contribution in [2.45, 2.75) is 12.5 Å². The Balaban J connectivity index is 1.87. The first kappa shape index (κ1) is 22.4. The zero-order chi connectivity index (χ0) is 22.5. The number of nitrogens with one attached hydrogen (secondary N) is 2. The molecule has 3 amide bonds. The number of likely N-dealkylation sites (N-methyl/N-ethyl adjacent to an activating group) is 2. The van der Waals surface area contributed by atoms with Crippen LogP contribution in [-0.4, -0.2) is 66.2 Å². The second-order valence-corrected chi connectivity index (χ2v) is 7.96. The number of aromatic nitrogens is 1. The number of amides is 3. The highest BCUT2D eigenvalue weighted by Gasteiger charge is 2.27. The Kier molecular flexibility index (Phi) is 6.97. The van der Waals surface area contributed by atoms with Gasteiger partial charge in [-0.05, 0) is 23.8 Å². The van der Waals surface area contributed by atoms with Crippen molar-refractivity contribution in [3.05, 3.63) is 70.9 Å². The van der Waals surface area contributed by atoms with E-state index < -0.39 is 11.9 Å². The highest BCUT2D eigenvalue weighted by Crippen LogP contribution is 2.20. The quantitative estimate of drug-likeness (QED) is 0.592. The van der Waals surface area contributed by atoms with Crippen molar-refractivity contribution in [2.75, 3.05) is 27.7 Å². The molecule has 1 aromatic heterocycles. The lowest BCUT2D eigenvalue weighted by Gasteiger charge is -2.25. The summed E-state index contributed by atoms with van der Waals surface area (Å²) in [4.78, 5) is 44.1. The Labute approximate surface area is 186 Å². The smallest absolute Gasteiger partial charge is 0.253 e. The van der Waals surface area contributed by atoms with E-state index in [1.165, 1.54) is 9.80 Å². The van der Waals surface area contributed by atoms with E-state index in [1.54, 1.807) is 45.4 Å². The molecule has 0 saturated carbocycles. The van der Waals surface area contributed by atoms with Crippen molar-refractivity contribution in [2.24, 2.45) is 0 Å². The molecule has 2 aromatic carbocycles. The maximum Gasteiger partial charge on any atom is 0.253 e. The van der Waals surface area contributed by atoms with Crippen LogP contribution in [0.15, 0.2) is 54.7 Å². The van der Waals surface area contributed by atoms with E-state index in [1.807, 2.05) is 30.5 Å². The van der Waals surface area contributed by atoms with Crippen molar-refractivity contribution >= 4 is 40.2 Å². The largest absolute Gasteiger partial charge is 0.361 e. The molecule has 8 heteroatoms. The van der Waals surface area contributed by atoms with Crippen molar-refractivity contribution in [1.29, 1.82) is 0 Å². The summed E-state index contributed by atoms with van der Waals surface area (Å²) < 4.78 is 0. The monoisotopic (exact) mass is 440 g/mol. The van der Waals surface area contributed by atoms with Gasteiger partial charge in [0, 0.05) is 44.7 Å². The van der Waals surface area contributed by atoms with Gasteiger partial charge in [0.15, 0.2) is 0 Å². The third kappa shape index (κ3) is 5.24. The van der Waals surface area contributed by atoms with E-state index in [-0.39, 0.29) is 30.3 Å². The Morgan fingerprint density at radius 1 is 1.03 bits per heavy atom. The van der Waals surface area contributed by atoms with Gasteiger partial charge in [-0.1, -0.05) is 41.9 Å². The van der Waals surface area contributed by atoms with Gasteiger partial charge in [0.25, 0.3) is 5.91 Å². The van der Waals surface area contributed by atoms with E-state index in [0.29, 0.717) is 5.02 Å². The third-order valence-electron chi connectivity index (χ3n) is 5.07. The molecule has 31 heavy (non-hydrogen) atoms. The molecule has 3 rings (SSSR count). The zero-order valence-electron chi connectivity index (χ0n) is 17.7. The van der Waals surface area contributed by atoms with Gasteiger partial charge in [0.1, 0.15) is 6.04 Å². The number of benzene rings is 2. The highest BCUT2D eigenvalue weighted by atomic mass is 35.5. The summed E-state index contributed by atoms with van der Waals surface area (Å²) in [6.07, 6.45) is 2.09. The number of hydrogen-bond acceptors (Lipinski definition) is 3. The van der Waals surface area contributed by atoms with Crippen LogP contribution >= 0.6 is 11.6 Å². The molecule has 7 nitrogen and oxygen atoms in total. The lowest BCUT2D eigenvalue weighted by molar-refractivity contribution is -0.139. The summed E-state index contributed by atoms with van der Waals surface area (Å²) in [6.45, 7) is -0.0851. The topological polar surface area (TPSA) is 85.5 Å². The number of rotatable bonds is 7. The number of para-hydroxylation sites is 1. The van der Waals surface area contributed by atoms with Crippen LogP contribution in [0.2, 0.25) is 5.02 Å². The molecule has 0 aliphatic rings. The van der Waals surface area contributed by atoms with Gasteiger partial charge in [-0.2, -0.15) is 0 Å².